The molecule has 3 nitrogen and oxygen atoms in total. The highest BCUT2D eigenvalue weighted by molar-refractivity contribution is 9.10. The lowest BCUT2D eigenvalue weighted by molar-refractivity contribution is -0.141. The third kappa shape index (κ3) is 3.39. The van der Waals surface area contributed by atoms with Gasteiger partial charge in [0.2, 0.25) is 0 Å². The molecule has 0 amide bonds. The molecule has 0 fully saturated rings. The Bertz CT molecular complexity index is 370. The van der Waals surface area contributed by atoms with Crippen LogP contribution in [0.3, 0.4) is 0 Å². The van der Waals surface area contributed by atoms with E-state index in [1.54, 1.807) is 13.0 Å². The van der Waals surface area contributed by atoms with Gasteiger partial charge in [-0.1, -0.05) is 11.6 Å². The molecule has 0 aliphatic heterocycles. The normalized spacial score (nSPS) is 12.0. The maximum atomic E-state index is 11.1. The van der Waals surface area contributed by atoms with Crippen LogP contribution >= 0.6 is 27.5 Å². The molecule has 0 aliphatic rings. The van der Waals surface area contributed by atoms with Crippen molar-refractivity contribution in [2.24, 2.45) is 0 Å². The number of ether oxygens (including phenoxy) is 1. The van der Waals surface area contributed by atoms with Gasteiger partial charge >= 0.3 is 5.97 Å². The Morgan fingerprint density at radius 2 is 2.27 bits per heavy atom. The van der Waals surface area contributed by atoms with Gasteiger partial charge in [-0.15, -0.1) is 0 Å². The van der Waals surface area contributed by atoms with Crippen molar-refractivity contribution in [1.29, 1.82) is 0 Å². The SMILES string of the molecule is COC(=O)C(C)Nc1ccc(Br)c(Cl)c1. The molecule has 1 aromatic rings. The van der Waals surface area contributed by atoms with Gasteiger partial charge in [0.15, 0.2) is 0 Å². The van der Waals surface area contributed by atoms with Gasteiger partial charge in [0, 0.05) is 10.2 Å². The Balaban J connectivity index is 2.73. The summed E-state index contributed by atoms with van der Waals surface area (Å²) in [5.74, 6) is -0.311. The van der Waals surface area contributed by atoms with Gasteiger partial charge in [-0.2, -0.15) is 0 Å². The fraction of sp³-hybridized carbons (Fsp3) is 0.300. The predicted octanol–water partition coefficient (Wildman–Crippen LogP) is 3.08. The third-order valence-electron chi connectivity index (χ3n) is 1.86. The number of carbonyl (C=O) groups is 1. The average molecular weight is 293 g/mol. The first kappa shape index (κ1) is 12.3. The minimum Gasteiger partial charge on any atom is -0.467 e. The van der Waals surface area contributed by atoms with E-state index in [-0.39, 0.29) is 5.97 Å². The molecule has 1 aromatic carbocycles. The van der Waals surface area contributed by atoms with Crippen LogP contribution < -0.4 is 5.32 Å². The topological polar surface area (TPSA) is 38.3 Å². The zero-order valence-electron chi connectivity index (χ0n) is 8.38. The molecule has 0 saturated carbocycles. The van der Waals surface area contributed by atoms with Crippen LogP contribution in [0.4, 0.5) is 5.69 Å². The van der Waals surface area contributed by atoms with Crippen molar-refractivity contribution in [2.45, 2.75) is 13.0 Å². The van der Waals surface area contributed by atoms with E-state index in [1.165, 1.54) is 7.11 Å². The number of halogens is 2. The highest BCUT2D eigenvalue weighted by Gasteiger charge is 2.12. The molecule has 0 spiro atoms. The number of nitrogens with one attached hydrogen (secondary N) is 1. The summed E-state index contributed by atoms with van der Waals surface area (Å²) >= 11 is 9.19. The predicted molar refractivity (Wildman–Crippen MR) is 64.3 cm³/mol. The van der Waals surface area contributed by atoms with Gasteiger partial charge in [0.05, 0.1) is 12.1 Å². The molecule has 1 atom stereocenters. The van der Waals surface area contributed by atoms with Crippen LogP contribution in [0, 0.1) is 0 Å². The number of hydrogen-bond acceptors (Lipinski definition) is 3. The Morgan fingerprint density at radius 1 is 1.60 bits per heavy atom. The first-order valence-electron chi connectivity index (χ1n) is 4.34. The number of rotatable bonds is 3. The van der Waals surface area contributed by atoms with Gasteiger partial charge in [-0.3, -0.25) is 0 Å². The number of carbonyl (C=O) groups excluding carboxylic acids is 1. The molecule has 1 rings (SSSR count). The van der Waals surface area contributed by atoms with Crippen LogP contribution in [0.15, 0.2) is 22.7 Å². The van der Waals surface area contributed by atoms with E-state index < -0.39 is 6.04 Å². The minimum atomic E-state index is -0.396. The molecule has 0 radical (unpaired) electrons. The Morgan fingerprint density at radius 3 is 2.80 bits per heavy atom. The summed E-state index contributed by atoms with van der Waals surface area (Å²) in [6.45, 7) is 1.72. The number of benzene rings is 1. The lowest BCUT2D eigenvalue weighted by Crippen LogP contribution is -2.27. The molecule has 1 N–H and O–H groups in total. The Kier molecular flexibility index (Phi) is 4.42. The van der Waals surface area contributed by atoms with Crippen molar-refractivity contribution >= 4 is 39.2 Å². The standard InChI is InChI=1S/C10H11BrClNO2/c1-6(10(14)15-2)13-7-3-4-8(11)9(12)5-7/h3-6,13H,1-2H3. The number of methoxy groups -OCH3 is 1. The maximum absolute atomic E-state index is 11.1. The second-order valence-corrected chi connectivity index (χ2v) is 4.28. The van der Waals surface area contributed by atoms with Crippen LogP contribution in [0.5, 0.6) is 0 Å². The number of hydrogen-bond donors (Lipinski definition) is 1. The van der Waals surface area contributed by atoms with E-state index >= 15 is 0 Å². The molecule has 0 bridgehead atoms. The van der Waals surface area contributed by atoms with E-state index in [0.29, 0.717) is 5.02 Å². The van der Waals surface area contributed by atoms with Gasteiger partial charge < -0.3 is 10.1 Å². The highest BCUT2D eigenvalue weighted by atomic mass is 79.9. The van der Waals surface area contributed by atoms with E-state index in [4.69, 9.17) is 11.6 Å². The summed E-state index contributed by atoms with van der Waals surface area (Å²) in [4.78, 5) is 11.1. The second kappa shape index (κ2) is 5.37. The van der Waals surface area contributed by atoms with Gasteiger partial charge in [-0.25, -0.2) is 4.79 Å². The van der Waals surface area contributed by atoms with E-state index in [1.807, 2.05) is 12.1 Å². The molecule has 0 saturated heterocycles. The summed E-state index contributed by atoms with van der Waals surface area (Å²) in [5.41, 5.74) is 0.779. The summed E-state index contributed by atoms with van der Waals surface area (Å²) in [7, 11) is 1.36. The van der Waals surface area contributed by atoms with Crippen LogP contribution in [0.2, 0.25) is 5.02 Å². The van der Waals surface area contributed by atoms with Crippen molar-refractivity contribution in [1.82, 2.24) is 0 Å². The zero-order chi connectivity index (χ0) is 11.4. The highest BCUT2D eigenvalue weighted by Crippen LogP contribution is 2.25. The first-order chi connectivity index (χ1) is 7.04. The van der Waals surface area contributed by atoms with E-state index in [2.05, 4.69) is 26.0 Å². The minimum absolute atomic E-state index is 0.311. The van der Waals surface area contributed by atoms with Gasteiger partial charge in [-0.05, 0) is 41.1 Å². The lowest BCUT2D eigenvalue weighted by Gasteiger charge is -2.13. The monoisotopic (exact) mass is 291 g/mol. The summed E-state index contributed by atoms with van der Waals surface area (Å²) < 4.78 is 5.41. The van der Waals surface area contributed by atoms with Crippen LogP contribution in [-0.4, -0.2) is 19.1 Å². The number of esters is 1. The second-order valence-electron chi connectivity index (χ2n) is 3.02. The molecule has 0 heterocycles. The van der Waals surface area contributed by atoms with Crippen LogP contribution in [0.1, 0.15) is 6.92 Å². The van der Waals surface area contributed by atoms with E-state index in [0.717, 1.165) is 10.2 Å². The maximum Gasteiger partial charge on any atom is 0.327 e. The fourth-order valence-electron chi connectivity index (χ4n) is 1.07. The zero-order valence-corrected chi connectivity index (χ0v) is 10.7. The van der Waals surface area contributed by atoms with Gasteiger partial charge in [0.1, 0.15) is 6.04 Å². The largest absolute Gasteiger partial charge is 0.467 e. The molecule has 0 aliphatic carbocycles. The van der Waals surface area contributed by atoms with E-state index in [9.17, 15) is 4.79 Å². The van der Waals surface area contributed by atoms with Crippen molar-refractivity contribution in [3.63, 3.8) is 0 Å². The summed E-state index contributed by atoms with van der Waals surface area (Å²) in [6.07, 6.45) is 0. The van der Waals surface area contributed by atoms with Crippen molar-refractivity contribution in [3.05, 3.63) is 27.7 Å². The van der Waals surface area contributed by atoms with Crippen molar-refractivity contribution < 1.29 is 9.53 Å². The summed E-state index contributed by atoms with van der Waals surface area (Å²) in [6, 6.07) is 4.99. The molecule has 0 aromatic heterocycles. The Labute approximate surface area is 102 Å². The fourth-order valence-corrected chi connectivity index (χ4v) is 1.50. The molecule has 82 valence electrons. The molecule has 5 heteroatoms. The van der Waals surface area contributed by atoms with Crippen LogP contribution in [0.25, 0.3) is 0 Å². The first-order valence-corrected chi connectivity index (χ1v) is 5.51. The molecule has 1 unspecified atom stereocenters. The Hall–Kier alpha value is -0.740. The van der Waals surface area contributed by atoms with Crippen LogP contribution in [-0.2, 0) is 9.53 Å². The van der Waals surface area contributed by atoms with Gasteiger partial charge in [0.25, 0.3) is 0 Å². The lowest BCUT2D eigenvalue weighted by atomic mass is 10.2. The average Bonchev–Trinajstić information content (AvgIpc) is 2.22. The van der Waals surface area contributed by atoms with Crippen molar-refractivity contribution in [3.8, 4) is 0 Å². The number of anilines is 1. The van der Waals surface area contributed by atoms with Crippen molar-refractivity contribution in [2.75, 3.05) is 12.4 Å². The molecular formula is C10H11BrClNO2. The smallest absolute Gasteiger partial charge is 0.327 e. The summed E-state index contributed by atoms with van der Waals surface area (Å²) in [5, 5.41) is 3.58. The molecule has 15 heavy (non-hydrogen) atoms. The molecular weight excluding hydrogens is 281 g/mol. The third-order valence-corrected chi connectivity index (χ3v) is 3.09. The quantitative estimate of drug-likeness (QED) is 0.870.